The van der Waals surface area contributed by atoms with Crippen molar-refractivity contribution in [2.24, 2.45) is 5.73 Å². The number of hydrogen-bond donors (Lipinski definition) is 2. The van der Waals surface area contributed by atoms with Gasteiger partial charge in [0.25, 0.3) is 10.0 Å². The molecule has 3 rings (SSSR count). The summed E-state index contributed by atoms with van der Waals surface area (Å²) >= 11 is 0. The van der Waals surface area contributed by atoms with E-state index in [-0.39, 0.29) is 11.4 Å². The zero-order chi connectivity index (χ0) is 15.0. The SMILES string of the molecule is CN1CCN(S(=O)(=O)c2c[nH]c(CN)c2)c2ccccc21. The highest BCUT2D eigenvalue weighted by atomic mass is 32.2. The molecule has 3 N–H and O–H groups in total. The average Bonchev–Trinajstić information content (AvgIpc) is 2.97. The van der Waals surface area contributed by atoms with Gasteiger partial charge in [0, 0.05) is 32.0 Å². The number of anilines is 2. The van der Waals surface area contributed by atoms with Crippen molar-refractivity contribution in [3.8, 4) is 0 Å². The largest absolute Gasteiger partial charge is 0.371 e. The summed E-state index contributed by atoms with van der Waals surface area (Å²) in [5.74, 6) is 0. The molecule has 1 aliphatic heterocycles. The van der Waals surface area contributed by atoms with Gasteiger partial charge in [-0.25, -0.2) is 8.42 Å². The Balaban J connectivity index is 2.06. The molecule has 21 heavy (non-hydrogen) atoms. The van der Waals surface area contributed by atoms with E-state index in [0.29, 0.717) is 24.5 Å². The number of benzene rings is 1. The Hall–Kier alpha value is -1.99. The molecule has 6 nitrogen and oxygen atoms in total. The summed E-state index contributed by atoms with van der Waals surface area (Å²) < 4.78 is 27.1. The molecule has 0 saturated carbocycles. The van der Waals surface area contributed by atoms with E-state index >= 15 is 0 Å². The molecule has 0 fully saturated rings. The van der Waals surface area contributed by atoms with Gasteiger partial charge in [-0.3, -0.25) is 4.31 Å². The Morgan fingerprint density at radius 1 is 1.24 bits per heavy atom. The second kappa shape index (κ2) is 5.09. The second-order valence-electron chi connectivity index (χ2n) is 5.05. The van der Waals surface area contributed by atoms with E-state index in [1.54, 1.807) is 6.07 Å². The average molecular weight is 306 g/mol. The predicted octanol–water partition coefficient (Wildman–Crippen LogP) is 1.12. The zero-order valence-electron chi connectivity index (χ0n) is 11.8. The van der Waals surface area contributed by atoms with E-state index in [9.17, 15) is 8.42 Å². The van der Waals surface area contributed by atoms with E-state index in [4.69, 9.17) is 5.73 Å². The lowest BCUT2D eigenvalue weighted by Gasteiger charge is -2.35. The van der Waals surface area contributed by atoms with Gasteiger partial charge in [-0.15, -0.1) is 0 Å². The zero-order valence-corrected chi connectivity index (χ0v) is 12.6. The summed E-state index contributed by atoms with van der Waals surface area (Å²) in [6, 6.07) is 9.12. The van der Waals surface area contributed by atoms with Crippen LogP contribution in [0.4, 0.5) is 11.4 Å². The molecular weight excluding hydrogens is 288 g/mol. The van der Waals surface area contributed by atoms with E-state index < -0.39 is 10.0 Å². The number of nitrogens with zero attached hydrogens (tertiary/aromatic N) is 2. The number of H-pyrrole nitrogens is 1. The summed E-state index contributed by atoms with van der Waals surface area (Å²) in [7, 11) is -1.60. The van der Waals surface area contributed by atoms with Crippen LogP contribution in [0.25, 0.3) is 0 Å². The summed E-state index contributed by atoms with van der Waals surface area (Å²) in [4.78, 5) is 5.20. The fourth-order valence-electron chi connectivity index (χ4n) is 2.54. The van der Waals surface area contributed by atoms with Gasteiger partial charge < -0.3 is 15.6 Å². The normalized spacial score (nSPS) is 15.1. The number of rotatable bonds is 3. The molecule has 7 heteroatoms. The molecule has 1 aliphatic rings. The Bertz CT molecular complexity index is 754. The summed E-state index contributed by atoms with van der Waals surface area (Å²) in [6.07, 6.45) is 1.50. The van der Waals surface area contributed by atoms with Crippen LogP contribution in [0.3, 0.4) is 0 Å². The van der Waals surface area contributed by atoms with Gasteiger partial charge in [-0.05, 0) is 18.2 Å². The number of sulfonamides is 1. The summed E-state index contributed by atoms with van der Waals surface area (Å²) in [5.41, 5.74) is 7.87. The monoisotopic (exact) mass is 306 g/mol. The van der Waals surface area contributed by atoms with Gasteiger partial charge in [0.2, 0.25) is 0 Å². The molecule has 0 amide bonds. The molecule has 2 heterocycles. The fraction of sp³-hybridized carbons (Fsp3) is 0.286. The summed E-state index contributed by atoms with van der Waals surface area (Å²) in [5, 5.41) is 0. The number of aromatic amines is 1. The van der Waals surface area contributed by atoms with Crippen molar-refractivity contribution in [3.63, 3.8) is 0 Å². The molecule has 112 valence electrons. The minimum atomic E-state index is -3.57. The highest BCUT2D eigenvalue weighted by Crippen LogP contribution is 2.35. The number of fused-ring (bicyclic) bond motifs is 1. The second-order valence-corrected chi connectivity index (χ2v) is 6.91. The number of aromatic nitrogens is 1. The van der Waals surface area contributed by atoms with E-state index in [1.807, 2.05) is 31.3 Å². The van der Waals surface area contributed by atoms with E-state index in [0.717, 1.165) is 5.69 Å². The molecule has 0 saturated heterocycles. The first-order valence-electron chi connectivity index (χ1n) is 6.74. The molecule has 0 atom stereocenters. The van der Waals surface area contributed by atoms with Gasteiger partial charge in [-0.2, -0.15) is 0 Å². The van der Waals surface area contributed by atoms with Crippen molar-refractivity contribution in [2.75, 3.05) is 29.3 Å². The quantitative estimate of drug-likeness (QED) is 0.890. The Kier molecular flexibility index (Phi) is 3.38. The van der Waals surface area contributed by atoms with Crippen molar-refractivity contribution in [1.82, 2.24) is 4.98 Å². The smallest absolute Gasteiger partial charge is 0.265 e. The number of likely N-dealkylation sites (N-methyl/N-ethyl adjacent to an activating group) is 1. The minimum absolute atomic E-state index is 0.252. The van der Waals surface area contributed by atoms with E-state index in [1.165, 1.54) is 10.5 Å². The maximum Gasteiger partial charge on any atom is 0.265 e. The number of nitrogens with one attached hydrogen (secondary N) is 1. The van der Waals surface area contributed by atoms with Crippen LogP contribution in [0.1, 0.15) is 5.69 Å². The first kappa shape index (κ1) is 14.0. The molecule has 0 radical (unpaired) electrons. The van der Waals surface area contributed by atoms with E-state index in [2.05, 4.69) is 9.88 Å². The van der Waals surface area contributed by atoms with Gasteiger partial charge in [-0.1, -0.05) is 12.1 Å². The standard InChI is InChI=1S/C14H18N4O2S/c1-17-6-7-18(14-5-3-2-4-13(14)17)21(19,20)12-8-11(9-15)16-10-12/h2-5,8,10,16H,6-7,9,15H2,1H3. The molecular formula is C14H18N4O2S. The Morgan fingerprint density at radius 2 is 1.95 bits per heavy atom. The Morgan fingerprint density at radius 3 is 2.62 bits per heavy atom. The van der Waals surface area contributed by atoms with Crippen LogP contribution in [-0.4, -0.2) is 33.5 Å². The van der Waals surface area contributed by atoms with Crippen LogP contribution >= 0.6 is 0 Å². The lowest BCUT2D eigenvalue weighted by Crippen LogP contribution is -2.42. The third kappa shape index (κ3) is 2.28. The third-order valence-corrected chi connectivity index (χ3v) is 5.52. The number of hydrogen-bond acceptors (Lipinski definition) is 4. The van der Waals surface area contributed by atoms with Crippen LogP contribution in [-0.2, 0) is 16.6 Å². The van der Waals surface area contributed by atoms with Gasteiger partial charge in [0.05, 0.1) is 17.9 Å². The van der Waals surface area contributed by atoms with Gasteiger partial charge >= 0.3 is 0 Å². The first-order valence-corrected chi connectivity index (χ1v) is 8.18. The topological polar surface area (TPSA) is 82.4 Å². The van der Waals surface area contributed by atoms with Crippen molar-refractivity contribution in [3.05, 3.63) is 42.2 Å². The van der Waals surface area contributed by atoms with Crippen molar-refractivity contribution in [1.29, 1.82) is 0 Å². The number of nitrogens with two attached hydrogens (primary N) is 1. The van der Waals surface area contributed by atoms with Crippen LogP contribution in [0.15, 0.2) is 41.4 Å². The highest BCUT2D eigenvalue weighted by Gasteiger charge is 2.31. The molecule has 0 bridgehead atoms. The lowest BCUT2D eigenvalue weighted by molar-refractivity contribution is 0.589. The fourth-order valence-corrected chi connectivity index (χ4v) is 4.03. The third-order valence-electron chi connectivity index (χ3n) is 3.72. The van der Waals surface area contributed by atoms with Crippen molar-refractivity contribution in [2.45, 2.75) is 11.4 Å². The van der Waals surface area contributed by atoms with Gasteiger partial charge in [0.15, 0.2) is 0 Å². The maximum absolute atomic E-state index is 12.8. The molecule has 0 aliphatic carbocycles. The maximum atomic E-state index is 12.8. The molecule has 1 aromatic carbocycles. The molecule has 1 aromatic heterocycles. The minimum Gasteiger partial charge on any atom is -0.371 e. The Labute approximate surface area is 124 Å². The van der Waals surface area contributed by atoms with Crippen molar-refractivity contribution >= 4 is 21.4 Å². The van der Waals surface area contributed by atoms with Gasteiger partial charge in [0.1, 0.15) is 4.90 Å². The molecule has 0 unspecified atom stereocenters. The van der Waals surface area contributed by atoms with Crippen molar-refractivity contribution < 1.29 is 8.42 Å². The van der Waals surface area contributed by atoms with Crippen LogP contribution in [0.2, 0.25) is 0 Å². The van der Waals surface area contributed by atoms with Crippen LogP contribution in [0, 0.1) is 0 Å². The van der Waals surface area contributed by atoms with Crippen LogP contribution in [0.5, 0.6) is 0 Å². The summed E-state index contributed by atoms with van der Waals surface area (Å²) in [6.45, 7) is 1.37. The lowest BCUT2D eigenvalue weighted by atomic mass is 10.2. The highest BCUT2D eigenvalue weighted by molar-refractivity contribution is 7.92. The number of para-hydroxylation sites is 2. The predicted molar refractivity (Wildman–Crippen MR) is 82.9 cm³/mol. The van der Waals surface area contributed by atoms with Crippen LogP contribution < -0.4 is 14.9 Å². The molecule has 0 spiro atoms. The molecule has 2 aromatic rings. The first-order chi connectivity index (χ1) is 10.0.